The second-order valence-electron chi connectivity index (χ2n) is 11.7. The standard InChI is InChI=1S/C24H32FNO5.C11H23O5P/c1-3-5-18(24(27)28)12-13-29-20-6-4-7-21(14-20)30-15-22-16(2)31-23(26-22)17-8-10-19(25)11-9-17;1-5-9-10(11(12)14-6-2)17(13,15-7-3)16-8-4/h8-11,18,20-21H,3-7,12-15H2,1-2H3,(H,27,28);10H,5-9H2,1-4H3. The van der Waals surface area contributed by atoms with Gasteiger partial charge in [0.05, 0.1) is 44.6 Å². The Hall–Kier alpha value is -2.63. The number of aryl methyl sites for hydroxylation is 1. The van der Waals surface area contributed by atoms with E-state index in [2.05, 4.69) is 4.98 Å². The molecule has 4 atom stereocenters. The number of carboxylic acids is 1. The smallest absolute Gasteiger partial charge is 0.344 e. The van der Waals surface area contributed by atoms with Crippen LogP contribution in [0.2, 0.25) is 0 Å². The van der Waals surface area contributed by atoms with Gasteiger partial charge >= 0.3 is 19.5 Å². The Kier molecular flexibility index (Phi) is 19.2. The first-order valence-corrected chi connectivity index (χ1v) is 18.9. The maximum absolute atomic E-state index is 13.1. The molecular weight excluding hydrogens is 644 g/mol. The Bertz CT molecular complexity index is 1260. The van der Waals surface area contributed by atoms with Gasteiger partial charge in [0.15, 0.2) is 5.66 Å². The molecule has 0 radical (unpaired) electrons. The van der Waals surface area contributed by atoms with E-state index in [-0.39, 0.29) is 43.8 Å². The molecule has 0 bridgehead atoms. The van der Waals surface area contributed by atoms with E-state index in [0.717, 1.165) is 43.4 Å². The third-order valence-corrected chi connectivity index (χ3v) is 10.4. The molecule has 1 saturated carbocycles. The van der Waals surface area contributed by atoms with Crippen molar-refractivity contribution in [2.24, 2.45) is 5.92 Å². The first-order chi connectivity index (χ1) is 23.0. The van der Waals surface area contributed by atoms with E-state index in [0.29, 0.717) is 50.5 Å². The highest BCUT2D eigenvalue weighted by Crippen LogP contribution is 2.55. The van der Waals surface area contributed by atoms with Gasteiger partial charge in [0.1, 0.15) is 17.3 Å². The van der Waals surface area contributed by atoms with Crippen molar-refractivity contribution in [3.63, 3.8) is 0 Å². The number of carboxylic acid groups (broad SMARTS) is 1. The highest BCUT2D eigenvalue weighted by molar-refractivity contribution is 7.55. The Morgan fingerprint density at radius 1 is 0.958 bits per heavy atom. The van der Waals surface area contributed by atoms with Gasteiger partial charge in [-0.25, -0.2) is 9.37 Å². The van der Waals surface area contributed by atoms with Crippen LogP contribution in [0, 0.1) is 18.7 Å². The summed E-state index contributed by atoms with van der Waals surface area (Å²) in [5.41, 5.74) is 0.656. The summed E-state index contributed by atoms with van der Waals surface area (Å²) in [5.74, 6) is -0.711. The van der Waals surface area contributed by atoms with Crippen molar-refractivity contribution in [3.8, 4) is 11.5 Å². The topological polar surface area (TPSA) is 144 Å². The average Bonchev–Trinajstić information content (AvgIpc) is 3.43. The molecular formula is C35H55FNO10P. The largest absolute Gasteiger partial charge is 0.481 e. The van der Waals surface area contributed by atoms with Crippen LogP contribution >= 0.6 is 7.60 Å². The zero-order chi connectivity index (χ0) is 35.5. The van der Waals surface area contributed by atoms with Gasteiger partial charge in [-0.2, -0.15) is 0 Å². The van der Waals surface area contributed by atoms with Crippen molar-refractivity contribution in [3.05, 3.63) is 41.5 Å². The number of aromatic nitrogens is 1. The van der Waals surface area contributed by atoms with E-state index < -0.39 is 25.2 Å². The summed E-state index contributed by atoms with van der Waals surface area (Å²) in [6.07, 6.45) is 7.20. The summed E-state index contributed by atoms with van der Waals surface area (Å²) in [5, 5.41) is 9.26. The number of benzene rings is 1. The van der Waals surface area contributed by atoms with E-state index in [1.165, 1.54) is 12.1 Å². The number of carbonyl (C=O) groups excluding carboxylic acids is 1. The third-order valence-electron chi connectivity index (χ3n) is 7.94. The van der Waals surface area contributed by atoms with Crippen LogP contribution in [0.1, 0.15) is 104 Å². The van der Waals surface area contributed by atoms with E-state index >= 15 is 0 Å². The lowest BCUT2D eigenvalue weighted by molar-refractivity contribution is -0.144. The quantitative estimate of drug-likeness (QED) is 0.105. The van der Waals surface area contributed by atoms with Gasteiger partial charge in [-0.1, -0.05) is 26.7 Å². The lowest BCUT2D eigenvalue weighted by Gasteiger charge is -2.29. The van der Waals surface area contributed by atoms with Crippen LogP contribution in [0.5, 0.6) is 0 Å². The molecule has 1 aliphatic carbocycles. The van der Waals surface area contributed by atoms with E-state index in [1.54, 1.807) is 32.9 Å². The van der Waals surface area contributed by atoms with Crippen molar-refractivity contribution in [1.82, 2.24) is 4.98 Å². The van der Waals surface area contributed by atoms with Crippen molar-refractivity contribution in [2.75, 3.05) is 26.4 Å². The lowest BCUT2D eigenvalue weighted by Crippen LogP contribution is -2.29. The fourth-order valence-electron chi connectivity index (χ4n) is 5.49. The van der Waals surface area contributed by atoms with Gasteiger partial charge in [-0.3, -0.25) is 14.2 Å². The predicted octanol–water partition coefficient (Wildman–Crippen LogP) is 8.51. The van der Waals surface area contributed by atoms with E-state index in [4.69, 9.17) is 27.7 Å². The highest BCUT2D eigenvalue weighted by Gasteiger charge is 2.41. The van der Waals surface area contributed by atoms with Crippen LogP contribution in [0.25, 0.3) is 11.5 Å². The van der Waals surface area contributed by atoms with Crippen LogP contribution in [0.15, 0.2) is 28.7 Å². The molecule has 2 aromatic rings. The van der Waals surface area contributed by atoms with Gasteiger partial charge in [0, 0.05) is 12.2 Å². The zero-order valence-corrected chi connectivity index (χ0v) is 30.3. The first kappa shape index (κ1) is 41.5. The van der Waals surface area contributed by atoms with Crippen LogP contribution in [0.3, 0.4) is 0 Å². The van der Waals surface area contributed by atoms with Crippen LogP contribution in [-0.2, 0) is 44.0 Å². The van der Waals surface area contributed by atoms with Gasteiger partial charge in [-0.05, 0) is 96.9 Å². The van der Waals surface area contributed by atoms with Gasteiger partial charge in [-0.15, -0.1) is 0 Å². The molecule has 0 saturated heterocycles. The summed E-state index contributed by atoms with van der Waals surface area (Å²) in [6, 6.07) is 6.05. The minimum absolute atomic E-state index is 0.0787. The van der Waals surface area contributed by atoms with Crippen molar-refractivity contribution >= 4 is 19.5 Å². The maximum Gasteiger partial charge on any atom is 0.344 e. The summed E-state index contributed by atoms with van der Waals surface area (Å²) < 4.78 is 58.7. The Morgan fingerprint density at radius 2 is 1.58 bits per heavy atom. The summed E-state index contributed by atoms with van der Waals surface area (Å²) >= 11 is 0. The molecule has 1 aromatic heterocycles. The molecule has 1 N–H and O–H groups in total. The van der Waals surface area contributed by atoms with Gasteiger partial charge < -0.3 is 32.8 Å². The molecule has 11 nitrogen and oxygen atoms in total. The Morgan fingerprint density at radius 3 is 2.15 bits per heavy atom. The SMILES string of the molecule is CCCC(C(=O)OCC)P(=O)(OCC)OCC.CCCC(CCOC1CCCC(OCc2nc(-c3ccc(F)cc3)oc2C)C1)C(=O)O. The molecule has 4 unspecified atom stereocenters. The molecule has 13 heteroatoms. The normalized spacial score (nSPS) is 17.6. The molecule has 48 heavy (non-hydrogen) atoms. The second kappa shape index (κ2) is 22.2. The van der Waals surface area contributed by atoms with E-state index in [9.17, 15) is 23.7 Å². The minimum atomic E-state index is -3.41. The summed E-state index contributed by atoms with van der Waals surface area (Å²) in [6.45, 7) is 12.5. The number of halogens is 1. The number of aliphatic carboxylic acids is 1. The molecule has 1 aromatic carbocycles. The fourth-order valence-corrected chi connectivity index (χ4v) is 7.55. The number of hydrogen-bond acceptors (Lipinski definition) is 10. The van der Waals surface area contributed by atoms with Crippen molar-refractivity contribution in [2.45, 2.75) is 124 Å². The molecule has 1 aliphatic rings. The third kappa shape index (κ3) is 13.7. The van der Waals surface area contributed by atoms with E-state index in [1.807, 2.05) is 20.8 Å². The highest BCUT2D eigenvalue weighted by atomic mass is 31.2. The summed E-state index contributed by atoms with van der Waals surface area (Å²) in [4.78, 5) is 27.6. The van der Waals surface area contributed by atoms with Crippen molar-refractivity contribution < 1.29 is 51.3 Å². The van der Waals surface area contributed by atoms with Gasteiger partial charge in [0.2, 0.25) is 5.89 Å². The fraction of sp³-hybridized carbons (Fsp3) is 0.686. The number of rotatable bonds is 20. The van der Waals surface area contributed by atoms with Crippen LogP contribution in [-0.4, -0.2) is 66.3 Å². The predicted molar refractivity (Wildman–Crippen MR) is 180 cm³/mol. The number of esters is 1. The number of carbonyl (C=O) groups is 2. The van der Waals surface area contributed by atoms with Crippen LogP contribution < -0.4 is 0 Å². The van der Waals surface area contributed by atoms with Crippen LogP contribution in [0.4, 0.5) is 4.39 Å². The lowest BCUT2D eigenvalue weighted by atomic mass is 9.94. The first-order valence-electron chi connectivity index (χ1n) is 17.2. The second-order valence-corrected chi connectivity index (χ2v) is 13.9. The molecule has 0 aliphatic heterocycles. The average molecular weight is 700 g/mol. The number of hydrogen-bond donors (Lipinski definition) is 1. The Balaban J connectivity index is 0.000000401. The molecule has 3 rings (SSSR count). The zero-order valence-electron chi connectivity index (χ0n) is 29.4. The summed E-state index contributed by atoms with van der Waals surface area (Å²) in [7, 11) is -3.41. The van der Waals surface area contributed by atoms with Gasteiger partial charge in [0.25, 0.3) is 0 Å². The number of nitrogens with zero attached hydrogens (tertiary/aromatic N) is 1. The molecule has 1 heterocycles. The van der Waals surface area contributed by atoms with Crippen molar-refractivity contribution in [1.29, 1.82) is 0 Å². The number of oxazole rings is 1. The molecule has 0 spiro atoms. The monoisotopic (exact) mass is 699 g/mol. The molecule has 0 amide bonds. The molecule has 1 fully saturated rings. The maximum atomic E-state index is 13.1. The number of ether oxygens (including phenoxy) is 3. The molecule has 272 valence electrons. The Labute approximate surface area is 284 Å². The minimum Gasteiger partial charge on any atom is -0.481 e.